The molecule has 0 amide bonds. The summed E-state index contributed by atoms with van der Waals surface area (Å²) in [4.78, 5) is 11.1. The van der Waals surface area contributed by atoms with Crippen molar-refractivity contribution >= 4 is 18.6 Å². The van der Waals surface area contributed by atoms with Crippen molar-refractivity contribution < 1.29 is 9.90 Å². The fourth-order valence-electron chi connectivity index (χ4n) is 1.54. The van der Waals surface area contributed by atoms with Crippen molar-refractivity contribution in [1.82, 2.24) is 5.32 Å². The van der Waals surface area contributed by atoms with Crippen LogP contribution in [0.25, 0.3) is 0 Å². The molecule has 0 saturated carbocycles. The highest BCUT2D eigenvalue weighted by Crippen LogP contribution is 2.14. The second kappa shape index (κ2) is 7.35. The largest absolute Gasteiger partial charge is 0.478 e. The van der Waals surface area contributed by atoms with Crippen LogP contribution in [0.5, 0.6) is 0 Å². The van der Waals surface area contributed by atoms with Gasteiger partial charge in [-0.2, -0.15) is 0 Å². The summed E-state index contributed by atoms with van der Waals surface area (Å²) in [6.45, 7) is 4.38. The zero-order valence-corrected chi connectivity index (χ0v) is 11.0. The Morgan fingerprint density at radius 3 is 2.29 bits per heavy atom. The van der Waals surface area contributed by atoms with Gasteiger partial charge in [-0.3, -0.25) is 0 Å². The second-order valence-corrected chi connectivity index (χ2v) is 4.60. The molecule has 0 spiro atoms. The van der Waals surface area contributed by atoms with Gasteiger partial charge in [0, 0.05) is 4.90 Å². The maximum absolute atomic E-state index is 10.4. The van der Waals surface area contributed by atoms with Crippen LogP contribution in [0.2, 0.25) is 0 Å². The molecule has 0 bridgehead atoms. The number of rotatable bonds is 1. The Hall–Kier alpha value is -1.00. The molecule has 1 aliphatic heterocycles. The Balaban J connectivity index is 0.000000202. The average molecular weight is 253 g/mol. The fourth-order valence-corrected chi connectivity index (χ4v) is 1.76. The van der Waals surface area contributed by atoms with E-state index in [1.54, 1.807) is 18.2 Å². The second-order valence-electron chi connectivity index (χ2n) is 4.12. The number of nitrogens with one attached hydrogen (secondary N) is 1. The summed E-state index contributed by atoms with van der Waals surface area (Å²) in [6.07, 6.45) is 4.22. The summed E-state index contributed by atoms with van der Waals surface area (Å²) in [5, 5.41) is 11.9. The van der Waals surface area contributed by atoms with Gasteiger partial charge >= 0.3 is 5.97 Å². The number of aryl methyl sites for hydroxylation is 1. The molecule has 17 heavy (non-hydrogen) atoms. The molecule has 0 aliphatic carbocycles. The molecular formula is C13H19NO2S. The number of piperidine rings is 1. The smallest absolute Gasteiger partial charge is 0.335 e. The van der Waals surface area contributed by atoms with Gasteiger partial charge in [-0.15, -0.1) is 12.6 Å². The van der Waals surface area contributed by atoms with E-state index >= 15 is 0 Å². The first-order valence-electron chi connectivity index (χ1n) is 5.85. The zero-order valence-electron chi connectivity index (χ0n) is 10.1. The highest BCUT2D eigenvalue weighted by Gasteiger charge is 2.02. The molecule has 2 N–H and O–H groups in total. The van der Waals surface area contributed by atoms with E-state index in [4.69, 9.17) is 5.11 Å². The fraction of sp³-hybridized carbons (Fsp3) is 0.462. The van der Waals surface area contributed by atoms with E-state index in [0.717, 1.165) is 5.56 Å². The summed E-state index contributed by atoms with van der Waals surface area (Å²) in [5.41, 5.74) is 1.26. The predicted octanol–water partition coefficient (Wildman–Crippen LogP) is 2.74. The quantitative estimate of drug-likeness (QED) is 0.674. The molecule has 1 fully saturated rings. The molecule has 1 aliphatic rings. The first-order chi connectivity index (χ1) is 8.11. The third-order valence-electron chi connectivity index (χ3n) is 2.66. The first-order valence-corrected chi connectivity index (χ1v) is 6.29. The van der Waals surface area contributed by atoms with E-state index < -0.39 is 5.97 Å². The van der Waals surface area contributed by atoms with E-state index in [-0.39, 0.29) is 5.56 Å². The lowest BCUT2D eigenvalue weighted by atomic mass is 10.1. The van der Waals surface area contributed by atoms with Gasteiger partial charge < -0.3 is 10.4 Å². The van der Waals surface area contributed by atoms with Crippen LogP contribution in [0.1, 0.15) is 35.2 Å². The van der Waals surface area contributed by atoms with E-state index in [0.29, 0.717) is 4.90 Å². The van der Waals surface area contributed by atoms with Crippen molar-refractivity contribution in [2.24, 2.45) is 0 Å². The minimum atomic E-state index is -0.916. The van der Waals surface area contributed by atoms with Crippen molar-refractivity contribution in [3.05, 3.63) is 29.3 Å². The Kier molecular flexibility index (Phi) is 6.08. The van der Waals surface area contributed by atoms with Crippen molar-refractivity contribution in [2.45, 2.75) is 31.1 Å². The van der Waals surface area contributed by atoms with Gasteiger partial charge in [0.1, 0.15) is 0 Å². The topological polar surface area (TPSA) is 49.3 Å². The van der Waals surface area contributed by atoms with Crippen LogP contribution < -0.4 is 5.32 Å². The molecule has 1 saturated heterocycles. The number of carboxylic acids is 1. The van der Waals surface area contributed by atoms with Gasteiger partial charge in [0.15, 0.2) is 0 Å². The lowest BCUT2D eigenvalue weighted by molar-refractivity contribution is 0.0696. The maximum atomic E-state index is 10.4. The third kappa shape index (κ3) is 5.24. The standard InChI is InChI=1S/C8H8O2S.C5H11N/c1-5-2-3-6(8(9)10)4-7(5)11;1-2-4-6-5-3-1/h2-4,11H,1H3,(H,9,10);6H,1-5H2. The number of thiol groups is 1. The number of carbonyl (C=O) groups is 1. The van der Waals surface area contributed by atoms with Crippen LogP contribution in [0.15, 0.2) is 23.1 Å². The van der Waals surface area contributed by atoms with Crippen molar-refractivity contribution in [3.63, 3.8) is 0 Å². The Morgan fingerprint density at radius 2 is 1.94 bits per heavy atom. The van der Waals surface area contributed by atoms with Crippen LogP contribution in [0.4, 0.5) is 0 Å². The van der Waals surface area contributed by atoms with Gasteiger partial charge in [-0.05, 0) is 50.6 Å². The molecule has 0 radical (unpaired) electrons. The van der Waals surface area contributed by atoms with Gasteiger partial charge in [0.25, 0.3) is 0 Å². The Morgan fingerprint density at radius 1 is 1.29 bits per heavy atom. The molecule has 1 aromatic carbocycles. The van der Waals surface area contributed by atoms with E-state index in [9.17, 15) is 4.79 Å². The predicted molar refractivity (Wildman–Crippen MR) is 72.1 cm³/mol. The monoisotopic (exact) mass is 253 g/mol. The van der Waals surface area contributed by atoms with Crippen LogP contribution in [0.3, 0.4) is 0 Å². The molecule has 0 atom stereocenters. The van der Waals surface area contributed by atoms with E-state index in [1.165, 1.54) is 32.4 Å². The molecule has 0 unspecified atom stereocenters. The molecule has 4 heteroatoms. The van der Waals surface area contributed by atoms with Crippen LogP contribution in [-0.4, -0.2) is 24.2 Å². The summed E-state index contributed by atoms with van der Waals surface area (Å²) in [5.74, 6) is -0.916. The molecule has 1 aromatic rings. The van der Waals surface area contributed by atoms with Crippen molar-refractivity contribution in [2.75, 3.05) is 13.1 Å². The van der Waals surface area contributed by atoms with Gasteiger partial charge in [-0.1, -0.05) is 12.5 Å². The average Bonchev–Trinajstić information content (AvgIpc) is 2.35. The summed E-state index contributed by atoms with van der Waals surface area (Å²) in [6, 6.07) is 4.85. The van der Waals surface area contributed by atoms with Gasteiger partial charge in [0.2, 0.25) is 0 Å². The number of hydrogen-bond donors (Lipinski definition) is 3. The number of hydrogen-bond acceptors (Lipinski definition) is 3. The third-order valence-corrected chi connectivity index (χ3v) is 3.14. The molecular weight excluding hydrogens is 234 g/mol. The minimum absolute atomic E-state index is 0.278. The number of carboxylic acid groups (broad SMARTS) is 1. The van der Waals surface area contributed by atoms with Crippen molar-refractivity contribution in [1.29, 1.82) is 0 Å². The van der Waals surface area contributed by atoms with Crippen LogP contribution >= 0.6 is 12.6 Å². The highest BCUT2D eigenvalue weighted by molar-refractivity contribution is 7.80. The molecule has 94 valence electrons. The molecule has 0 aromatic heterocycles. The first kappa shape index (κ1) is 14.1. The Labute approximate surface area is 108 Å². The maximum Gasteiger partial charge on any atom is 0.335 e. The molecule has 2 rings (SSSR count). The number of aromatic carboxylic acids is 1. The highest BCUT2D eigenvalue weighted by atomic mass is 32.1. The lowest BCUT2D eigenvalue weighted by Crippen LogP contribution is -2.21. The normalized spacial score (nSPS) is 14.7. The molecule has 3 nitrogen and oxygen atoms in total. The summed E-state index contributed by atoms with van der Waals surface area (Å²) < 4.78 is 0. The zero-order chi connectivity index (χ0) is 12.7. The van der Waals surface area contributed by atoms with Crippen LogP contribution in [-0.2, 0) is 0 Å². The van der Waals surface area contributed by atoms with E-state index in [1.807, 2.05) is 6.92 Å². The van der Waals surface area contributed by atoms with Gasteiger partial charge in [-0.25, -0.2) is 4.79 Å². The number of benzene rings is 1. The SMILES string of the molecule is C1CCNCC1.Cc1ccc(C(=O)O)cc1S. The van der Waals surface area contributed by atoms with Gasteiger partial charge in [0.05, 0.1) is 5.56 Å². The minimum Gasteiger partial charge on any atom is -0.478 e. The Bertz CT molecular complexity index is 364. The van der Waals surface area contributed by atoms with Crippen molar-refractivity contribution in [3.8, 4) is 0 Å². The van der Waals surface area contributed by atoms with E-state index in [2.05, 4.69) is 17.9 Å². The van der Waals surface area contributed by atoms with Crippen LogP contribution in [0, 0.1) is 6.92 Å². The lowest BCUT2D eigenvalue weighted by Gasteiger charge is -2.08. The molecule has 1 heterocycles. The summed E-state index contributed by atoms with van der Waals surface area (Å²) >= 11 is 4.10. The summed E-state index contributed by atoms with van der Waals surface area (Å²) in [7, 11) is 0.